The third-order valence-electron chi connectivity index (χ3n) is 6.92. The van der Waals surface area contributed by atoms with Crippen LogP contribution in [0.4, 0.5) is 16.2 Å². The van der Waals surface area contributed by atoms with Gasteiger partial charge in [-0.15, -0.1) is 0 Å². The first-order valence-corrected chi connectivity index (χ1v) is 15.9. The molecule has 3 aromatic carbocycles. The van der Waals surface area contributed by atoms with Crippen LogP contribution in [-0.4, -0.2) is 50.2 Å². The first-order valence-electron chi connectivity index (χ1n) is 14.8. The summed E-state index contributed by atoms with van der Waals surface area (Å²) in [6.45, 7) is 10.3. The van der Waals surface area contributed by atoms with E-state index in [2.05, 4.69) is 10.6 Å². The number of barbiturate groups is 1. The molecule has 0 spiro atoms. The van der Waals surface area contributed by atoms with Crippen molar-refractivity contribution >= 4 is 63.8 Å². The predicted molar refractivity (Wildman–Crippen MR) is 183 cm³/mol. The Bertz CT molecular complexity index is 1690. The summed E-state index contributed by atoms with van der Waals surface area (Å²) >= 11 is 2.03. The van der Waals surface area contributed by atoms with Crippen LogP contribution in [0.15, 0.2) is 54.1 Å². The van der Waals surface area contributed by atoms with Crippen molar-refractivity contribution in [3.63, 3.8) is 0 Å². The SMILES string of the molecule is CCCOc1ccc(N2C(=O)NC(=O)/C(=C\c3cc(I)c(OCC(=O)Nc4cccc(C)c4C)c(OCC)c3)C2=O)cc1OCC. The van der Waals surface area contributed by atoms with Crippen LogP contribution in [0.2, 0.25) is 0 Å². The monoisotopic (exact) mass is 741 g/mol. The Balaban J connectivity index is 1.59. The molecule has 1 saturated heterocycles. The Morgan fingerprint density at radius 2 is 1.65 bits per heavy atom. The van der Waals surface area contributed by atoms with E-state index in [1.54, 1.807) is 31.2 Å². The number of benzene rings is 3. The molecule has 0 aromatic heterocycles. The molecular weight excluding hydrogens is 705 g/mol. The van der Waals surface area contributed by atoms with Crippen LogP contribution < -0.4 is 34.5 Å². The molecule has 1 heterocycles. The summed E-state index contributed by atoms with van der Waals surface area (Å²) in [6, 6.07) is 12.8. The van der Waals surface area contributed by atoms with Crippen molar-refractivity contribution in [2.75, 3.05) is 36.6 Å². The summed E-state index contributed by atoms with van der Waals surface area (Å²) in [5.41, 5.74) is 3.12. The molecule has 1 aliphatic rings. The van der Waals surface area contributed by atoms with Gasteiger partial charge in [-0.1, -0.05) is 19.1 Å². The highest BCUT2D eigenvalue weighted by Crippen LogP contribution is 2.36. The first kappa shape index (κ1) is 34.3. The fraction of sp³-hybridized carbons (Fsp3) is 0.294. The molecule has 0 aliphatic carbocycles. The van der Waals surface area contributed by atoms with Crippen molar-refractivity contribution in [2.45, 2.75) is 41.0 Å². The van der Waals surface area contributed by atoms with Gasteiger partial charge < -0.3 is 24.3 Å². The summed E-state index contributed by atoms with van der Waals surface area (Å²) in [5, 5.41) is 5.10. The van der Waals surface area contributed by atoms with Crippen LogP contribution in [0.1, 0.15) is 43.9 Å². The number of halogens is 1. The quantitative estimate of drug-likeness (QED) is 0.121. The van der Waals surface area contributed by atoms with E-state index in [-0.39, 0.29) is 23.8 Å². The molecule has 0 bridgehead atoms. The maximum atomic E-state index is 13.6. The zero-order valence-electron chi connectivity index (χ0n) is 26.3. The second kappa shape index (κ2) is 15.6. The van der Waals surface area contributed by atoms with E-state index in [0.29, 0.717) is 57.6 Å². The number of anilines is 2. The highest BCUT2D eigenvalue weighted by Gasteiger charge is 2.37. The minimum atomic E-state index is -0.885. The van der Waals surface area contributed by atoms with E-state index < -0.39 is 17.8 Å². The minimum absolute atomic E-state index is 0.209. The Hall–Kier alpha value is -4.59. The largest absolute Gasteiger partial charge is 0.490 e. The number of hydrogen-bond acceptors (Lipinski definition) is 8. The van der Waals surface area contributed by atoms with Crippen LogP contribution >= 0.6 is 22.6 Å². The molecule has 0 radical (unpaired) electrons. The normalized spacial score (nSPS) is 13.8. The number of amides is 5. The van der Waals surface area contributed by atoms with Crippen molar-refractivity contribution < 1.29 is 38.1 Å². The zero-order valence-corrected chi connectivity index (χ0v) is 28.5. The van der Waals surface area contributed by atoms with Crippen molar-refractivity contribution in [1.82, 2.24) is 5.32 Å². The molecule has 0 atom stereocenters. The van der Waals surface area contributed by atoms with Crippen molar-refractivity contribution in [2.24, 2.45) is 0 Å². The van der Waals surface area contributed by atoms with Crippen LogP contribution in [-0.2, 0) is 14.4 Å². The fourth-order valence-electron chi connectivity index (χ4n) is 4.58. The molecule has 1 aliphatic heterocycles. The number of imide groups is 2. The summed E-state index contributed by atoms with van der Waals surface area (Å²) in [5.74, 6) is -0.486. The number of carbonyl (C=O) groups is 4. The number of nitrogens with one attached hydrogen (secondary N) is 2. The lowest BCUT2D eigenvalue weighted by Crippen LogP contribution is -2.54. The Morgan fingerprint density at radius 3 is 2.37 bits per heavy atom. The topological polar surface area (TPSA) is 132 Å². The van der Waals surface area contributed by atoms with E-state index in [9.17, 15) is 19.2 Å². The number of aryl methyl sites for hydroxylation is 1. The second-order valence-corrected chi connectivity index (χ2v) is 11.4. The van der Waals surface area contributed by atoms with Crippen LogP contribution in [0.5, 0.6) is 23.0 Å². The standard InChI is InChI=1S/C34H36IN3O8/c1-6-14-45-27-13-12-23(18-28(27)43-7-2)38-33(41)24(32(40)37-34(38)42)15-22-16-25(35)31(29(17-22)44-8-3)46-19-30(39)36-26-11-9-10-20(4)21(26)5/h9-13,15-18H,6-8,14,19H2,1-5H3,(H,36,39)(H,37,40,42)/b24-15+. The van der Waals surface area contributed by atoms with Gasteiger partial charge in [0.25, 0.3) is 17.7 Å². The van der Waals surface area contributed by atoms with Gasteiger partial charge in [-0.25, -0.2) is 9.69 Å². The lowest BCUT2D eigenvalue weighted by Gasteiger charge is -2.27. The lowest BCUT2D eigenvalue weighted by molar-refractivity contribution is -0.122. The molecule has 242 valence electrons. The molecule has 12 heteroatoms. The summed E-state index contributed by atoms with van der Waals surface area (Å²) in [4.78, 5) is 52.9. The second-order valence-electron chi connectivity index (χ2n) is 10.2. The van der Waals surface area contributed by atoms with E-state index >= 15 is 0 Å². The van der Waals surface area contributed by atoms with Crippen LogP contribution in [0, 0.1) is 17.4 Å². The Kier molecular flexibility index (Phi) is 11.6. The van der Waals surface area contributed by atoms with E-state index in [0.717, 1.165) is 22.4 Å². The summed E-state index contributed by atoms with van der Waals surface area (Å²) in [7, 11) is 0. The number of rotatable bonds is 13. The van der Waals surface area contributed by atoms with Crippen LogP contribution in [0.25, 0.3) is 6.08 Å². The van der Waals surface area contributed by atoms with Gasteiger partial charge >= 0.3 is 6.03 Å². The van der Waals surface area contributed by atoms with Gasteiger partial charge in [0.15, 0.2) is 29.6 Å². The summed E-state index contributed by atoms with van der Waals surface area (Å²) < 4.78 is 23.7. The third-order valence-corrected chi connectivity index (χ3v) is 7.72. The van der Waals surface area contributed by atoms with Gasteiger partial charge in [-0.2, -0.15) is 0 Å². The van der Waals surface area contributed by atoms with Gasteiger partial charge in [0.1, 0.15) is 5.57 Å². The molecule has 0 unspecified atom stereocenters. The van der Waals surface area contributed by atoms with E-state index in [1.165, 1.54) is 12.1 Å². The van der Waals surface area contributed by atoms with Gasteiger partial charge in [0.05, 0.1) is 29.1 Å². The smallest absolute Gasteiger partial charge is 0.335 e. The molecule has 5 amide bonds. The third kappa shape index (κ3) is 7.97. The van der Waals surface area contributed by atoms with E-state index in [1.807, 2.05) is 68.5 Å². The highest BCUT2D eigenvalue weighted by molar-refractivity contribution is 14.1. The molecular formula is C34H36IN3O8. The summed E-state index contributed by atoms with van der Waals surface area (Å²) in [6.07, 6.45) is 2.16. The highest BCUT2D eigenvalue weighted by atomic mass is 127. The van der Waals surface area contributed by atoms with E-state index in [4.69, 9.17) is 18.9 Å². The number of urea groups is 1. The van der Waals surface area contributed by atoms with Crippen molar-refractivity contribution in [3.8, 4) is 23.0 Å². The van der Waals surface area contributed by atoms with Crippen molar-refractivity contribution in [1.29, 1.82) is 0 Å². The number of carbonyl (C=O) groups excluding carboxylic acids is 4. The van der Waals surface area contributed by atoms with Gasteiger partial charge in [0.2, 0.25) is 0 Å². The van der Waals surface area contributed by atoms with Crippen molar-refractivity contribution in [3.05, 3.63) is 74.4 Å². The first-order chi connectivity index (χ1) is 22.1. The molecule has 46 heavy (non-hydrogen) atoms. The predicted octanol–water partition coefficient (Wildman–Crippen LogP) is 6.18. The maximum Gasteiger partial charge on any atom is 0.335 e. The number of ether oxygens (including phenoxy) is 4. The molecule has 2 N–H and O–H groups in total. The van der Waals surface area contributed by atoms with Gasteiger partial charge in [0, 0.05) is 11.8 Å². The number of nitrogens with zero attached hydrogens (tertiary/aromatic N) is 1. The van der Waals surface area contributed by atoms with Gasteiger partial charge in [-0.3, -0.25) is 19.7 Å². The number of hydrogen-bond donors (Lipinski definition) is 2. The fourth-order valence-corrected chi connectivity index (χ4v) is 5.36. The average molecular weight is 742 g/mol. The molecule has 1 fully saturated rings. The molecule has 0 saturated carbocycles. The Morgan fingerprint density at radius 1 is 0.913 bits per heavy atom. The lowest BCUT2D eigenvalue weighted by atomic mass is 10.1. The molecule has 3 aromatic rings. The minimum Gasteiger partial charge on any atom is -0.490 e. The maximum absolute atomic E-state index is 13.6. The molecule has 11 nitrogen and oxygen atoms in total. The Labute approximate surface area is 281 Å². The molecule has 4 rings (SSSR count). The average Bonchev–Trinajstić information content (AvgIpc) is 3.01. The zero-order chi connectivity index (χ0) is 33.4. The van der Waals surface area contributed by atoms with Gasteiger partial charge in [-0.05, 0) is 110 Å². The van der Waals surface area contributed by atoms with Crippen LogP contribution in [0.3, 0.4) is 0 Å².